The number of nitrogens with zero attached hydrogens (tertiary/aromatic N) is 2. The number of nitriles is 1. The van der Waals surface area contributed by atoms with Gasteiger partial charge in [-0.15, -0.1) is 0 Å². The van der Waals surface area contributed by atoms with E-state index >= 15 is 0 Å². The van der Waals surface area contributed by atoms with E-state index in [0.717, 1.165) is 31.4 Å². The standard InChI is InChI=1S/C16H20N4O/c17-10-13(11-18-12-15-8-4-5-9-19-15)16(21)20-14-6-2-1-3-7-14/h4-5,8-9,11,14,18H,1-3,6-7,12H2,(H,20,21)/b13-11-. The van der Waals surface area contributed by atoms with Crippen molar-refractivity contribution in [1.29, 1.82) is 5.26 Å². The minimum atomic E-state index is -0.294. The second-order valence-corrected chi connectivity index (χ2v) is 5.18. The third kappa shape index (κ3) is 4.92. The molecule has 1 aromatic heterocycles. The van der Waals surface area contributed by atoms with Crippen LogP contribution < -0.4 is 10.6 Å². The maximum absolute atomic E-state index is 12.0. The molecule has 5 nitrogen and oxygen atoms in total. The number of nitrogens with one attached hydrogen (secondary N) is 2. The number of amides is 1. The molecule has 0 unspecified atom stereocenters. The van der Waals surface area contributed by atoms with E-state index in [1.807, 2.05) is 24.3 Å². The predicted molar refractivity (Wildman–Crippen MR) is 79.8 cm³/mol. The highest BCUT2D eigenvalue weighted by Crippen LogP contribution is 2.17. The quantitative estimate of drug-likeness (QED) is 0.640. The van der Waals surface area contributed by atoms with Crippen LogP contribution in [-0.4, -0.2) is 16.9 Å². The molecule has 110 valence electrons. The van der Waals surface area contributed by atoms with E-state index in [0.29, 0.717) is 6.54 Å². The summed E-state index contributed by atoms with van der Waals surface area (Å²) in [6.07, 6.45) is 8.72. The van der Waals surface area contributed by atoms with Gasteiger partial charge in [0.2, 0.25) is 0 Å². The van der Waals surface area contributed by atoms with Crippen LogP contribution in [0, 0.1) is 11.3 Å². The number of carbonyl (C=O) groups excluding carboxylic acids is 1. The van der Waals surface area contributed by atoms with E-state index in [1.165, 1.54) is 12.6 Å². The minimum Gasteiger partial charge on any atom is -0.384 e. The minimum absolute atomic E-state index is 0.108. The maximum atomic E-state index is 12.0. The van der Waals surface area contributed by atoms with Crippen molar-refractivity contribution in [3.8, 4) is 6.07 Å². The third-order valence-electron chi connectivity index (χ3n) is 3.56. The molecule has 1 fully saturated rings. The lowest BCUT2D eigenvalue weighted by Crippen LogP contribution is -2.37. The van der Waals surface area contributed by atoms with E-state index in [1.54, 1.807) is 6.20 Å². The van der Waals surface area contributed by atoms with Gasteiger partial charge in [-0.3, -0.25) is 9.78 Å². The van der Waals surface area contributed by atoms with Crippen molar-refractivity contribution in [3.05, 3.63) is 41.9 Å². The average Bonchev–Trinajstić information content (AvgIpc) is 2.53. The summed E-state index contributed by atoms with van der Waals surface area (Å²) in [4.78, 5) is 16.2. The monoisotopic (exact) mass is 284 g/mol. The smallest absolute Gasteiger partial charge is 0.263 e. The molecule has 2 rings (SSSR count). The van der Waals surface area contributed by atoms with Gasteiger partial charge < -0.3 is 10.6 Å². The van der Waals surface area contributed by atoms with Gasteiger partial charge >= 0.3 is 0 Å². The SMILES string of the molecule is N#C/C(=C/NCc1ccccn1)C(=O)NC1CCCCC1. The van der Waals surface area contributed by atoms with Gasteiger partial charge in [0.25, 0.3) is 5.91 Å². The number of pyridine rings is 1. The normalized spacial score (nSPS) is 16.0. The van der Waals surface area contributed by atoms with Crippen molar-refractivity contribution in [1.82, 2.24) is 15.6 Å². The van der Waals surface area contributed by atoms with Crippen molar-refractivity contribution in [2.24, 2.45) is 0 Å². The Morgan fingerprint density at radius 3 is 2.86 bits per heavy atom. The number of hydrogen-bond acceptors (Lipinski definition) is 4. The van der Waals surface area contributed by atoms with E-state index in [2.05, 4.69) is 15.6 Å². The molecule has 21 heavy (non-hydrogen) atoms. The van der Waals surface area contributed by atoms with Gasteiger partial charge in [-0.2, -0.15) is 5.26 Å². The molecule has 1 heterocycles. The molecule has 0 aliphatic heterocycles. The zero-order valence-electron chi connectivity index (χ0n) is 12.0. The van der Waals surface area contributed by atoms with Crippen LogP contribution in [0.15, 0.2) is 36.2 Å². The Balaban J connectivity index is 1.84. The van der Waals surface area contributed by atoms with E-state index < -0.39 is 0 Å². The summed E-state index contributed by atoms with van der Waals surface area (Å²) >= 11 is 0. The molecule has 0 saturated heterocycles. The zero-order valence-corrected chi connectivity index (χ0v) is 12.0. The summed E-state index contributed by atoms with van der Waals surface area (Å²) in [7, 11) is 0. The summed E-state index contributed by atoms with van der Waals surface area (Å²) in [5.74, 6) is -0.294. The highest BCUT2D eigenvalue weighted by atomic mass is 16.1. The number of carbonyl (C=O) groups is 1. The number of hydrogen-bond donors (Lipinski definition) is 2. The first-order valence-electron chi connectivity index (χ1n) is 7.34. The van der Waals surface area contributed by atoms with E-state index in [-0.39, 0.29) is 17.5 Å². The van der Waals surface area contributed by atoms with Crippen LogP contribution in [-0.2, 0) is 11.3 Å². The molecule has 0 bridgehead atoms. The average molecular weight is 284 g/mol. The van der Waals surface area contributed by atoms with E-state index in [9.17, 15) is 4.79 Å². The van der Waals surface area contributed by atoms with Crippen molar-refractivity contribution >= 4 is 5.91 Å². The number of aromatic nitrogens is 1. The van der Waals surface area contributed by atoms with Gasteiger partial charge in [-0.05, 0) is 25.0 Å². The summed E-state index contributed by atoms with van der Waals surface area (Å²) in [5.41, 5.74) is 0.968. The maximum Gasteiger partial charge on any atom is 0.263 e. The van der Waals surface area contributed by atoms with Gasteiger partial charge in [0.1, 0.15) is 11.6 Å². The fourth-order valence-electron chi connectivity index (χ4n) is 2.42. The van der Waals surface area contributed by atoms with Gasteiger partial charge in [0, 0.05) is 18.4 Å². The molecule has 1 aliphatic carbocycles. The summed E-state index contributed by atoms with van der Waals surface area (Å²) in [5, 5.41) is 15.0. The zero-order chi connectivity index (χ0) is 14.9. The Hall–Kier alpha value is -2.35. The molecule has 1 saturated carbocycles. The highest BCUT2D eigenvalue weighted by molar-refractivity contribution is 5.97. The molecule has 1 aromatic rings. The lowest BCUT2D eigenvalue weighted by molar-refractivity contribution is -0.118. The van der Waals surface area contributed by atoms with Gasteiger partial charge in [0.05, 0.1) is 12.2 Å². The Morgan fingerprint density at radius 2 is 2.19 bits per heavy atom. The van der Waals surface area contributed by atoms with Crippen LogP contribution in [0.3, 0.4) is 0 Å². The fraction of sp³-hybridized carbons (Fsp3) is 0.438. The lowest BCUT2D eigenvalue weighted by Gasteiger charge is -2.22. The fourth-order valence-corrected chi connectivity index (χ4v) is 2.42. The molecule has 0 radical (unpaired) electrons. The molecule has 5 heteroatoms. The van der Waals surface area contributed by atoms with Crippen LogP contribution in [0.5, 0.6) is 0 Å². The van der Waals surface area contributed by atoms with Crippen molar-refractivity contribution in [3.63, 3.8) is 0 Å². The summed E-state index contributed by atoms with van der Waals surface area (Å²) < 4.78 is 0. The van der Waals surface area contributed by atoms with Crippen LogP contribution in [0.1, 0.15) is 37.8 Å². The largest absolute Gasteiger partial charge is 0.384 e. The first-order valence-corrected chi connectivity index (χ1v) is 7.34. The second-order valence-electron chi connectivity index (χ2n) is 5.18. The molecular weight excluding hydrogens is 264 g/mol. The van der Waals surface area contributed by atoms with Crippen LogP contribution in [0.25, 0.3) is 0 Å². The van der Waals surface area contributed by atoms with Crippen LogP contribution >= 0.6 is 0 Å². The summed E-state index contributed by atoms with van der Waals surface area (Å²) in [6, 6.07) is 7.78. The third-order valence-corrected chi connectivity index (χ3v) is 3.56. The summed E-state index contributed by atoms with van der Waals surface area (Å²) in [6.45, 7) is 0.489. The molecule has 0 spiro atoms. The second kappa shape index (κ2) is 8.05. The lowest BCUT2D eigenvalue weighted by atomic mass is 9.95. The van der Waals surface area contributed by atoms with Gasteiger partial charge in [-0.1, -0.05) is 25.3 Å². The van der Waals surface area contributed by atoms with Crippen molar-refractivity contribution < 1.29 is 4.79 Å². The Bertz CT molecular complexity index is 527. The number of rotatable bonds is 5. The predicted octanol–water partition coefficient (Wildman–Crippen LogP) is 2.03. The van der Waals surface area contributed by atoms with Crippen LogP contribution in [0.2, 0.25) is 0 Å². The topological polar surface area (TPSA) is 77.8 Å². The first kappa shape index (κ1) is 15.0. The highest BCUT2D eigenvalue weighted by Gasteiger charge is 2.17. The molecule has 2 N–H and O–H groups in total. The van der Waals surface area contributed by atoms with Gasteiger partial charge in [-0.25, -0.2) is 0 Å². The van der Waals surface area contributed by atoms with Gasteiger partial charge in [0.15, 0.2) is 0 Å². The Kier molecular flexibility index (Phi) is 5.77. The van der Waals surface area contributed by atoms with E-state index in [4.69, 9.17) is 5.26 Å². The molecule has 0 atom stereocenters. The van der Waals surface area contributed by atoms with Crippen LogP contribution in [0.4, 0.5) is 0 Å². The molecule has 1 aliphatic rings. The molecule has 1 amide bonds. The Labute approximate surface area is 125 Å². The molecular formula is C16H20N4O. The Morgan fingerprint density at radius 1 is 1.38 bits per heavy atom. The first-order chi connectivity index (χ1) is 10.3. The van der Waals surface area contributed by atoms with Crippen molar-refractivity contribution in [2.45, 2.75) is 44.7 Å². The molecule has 0 aromatic carbocycles. The van der Waals surface area contributed by atoms with Crippen molar-refractivity contribution in [2.75, 3.05) is 0 Å².